The van der Waals surface area contributed by atoms with Gasteiger partial charge in [-0.15, -0.1) is 10.2 Å². The Morgan fingerprint density at radius 1 is 1.28 bits per heavy atom. The highest BCUT2D eigenvalue weighted by molar-refractivity contribution is 8.01. The third kappa shape index (κ3) is 6.36. The van der Waals surface area contributed by atoms with E-state index < -0.39 is 0 Å². The molecule has 0 fully saturated rings. The molecule has 0 aliphatic carbocycles. The summed E-state index contributed by atoms with van der Waals surface area (Å²) in [4.78, 5) is 27.6. The third-order valence-electron chi connectivity index (χ3n) is 3.52. The monoisotopic (exact) mass is 436 g/mol. The van der Waals surface area contributed by atoms with Crippen LogP contribution in [0.3, 0.4) is 0 Å². The number of aryl methyl sites for hydroxylation is 1. The number of rotatable bonds is 9. The van der Waals surface area contributed by atoms with Crippen LogP contribution in [0.4, 0.5) is 9.52 Å². The van der Waals surface area contributed by atoms with E-state index in [4.69, 9.17) is 9.15 Å². The van der Waals surface area contributed by atoms with Crippen molar-refractivity contribution >= 4 is 40.1 Å². The fourth-order valence-electron chi connectivity index (χ4n) is 2.22. The number of oxazole rings is 1. The number of nitrogens with zero attached hydrogens (tertiary/aromatic N) is 3. The van der Waals surface area contributed by atoms with E-state index >= 15 is 0 Å². The summed E-state index contributed by atoms with van der Waals surface area (Å²) in [7, 11) is 0. The molecule has 0 aliphatic rings. The summed E-state index contributed by atoms with van der Waals surface area (Å²) >= 11 is 2.38. The van der Waals surface area contributed by atoms with E-state index in [1.165, 1.54) is 41.4 Å². The number of carbonyl (C=O) groups excluding carboxylic acids is 2. The summed E-state index contributed by atoms with van der Waals surface area (Å²) in [6.07, 6.45) is 1.99. The topological polar surface area (TPSA) is 107 Å². The van der Waals surface area contributed by atoms with Crippen LogP contribution in [0.15, 0.2) is 39.2 Å². The fraction of sp³-hybridized carbons (Fsp3) is 0.278. The molecular formula is C18H17FN4O4S2. The summed E-state index contributed by atoms with van der Waals surface area (Å²) in [5.41, 5.74) is 0.705. The fourth-order valence-corrected chi connectivity index (χ4v) is 3.78. The van der Waals surface area contributed by atoms with Gasteiger partial charge in [0.2, 0.25) is 11.0 Å². The maximum absolute atomic E-state index is 13.0. The molecule has 0 bridgehead atoms. The highest BCUT2D eigenvalue weighted by Gasteiger charge is 2.13. The molecule has 1 amide bonds. The van der Waals surface area contributed by atoms with Gasteiger partial charge in [-0.3, -0.25) is 9.59 Å². The molecule has 3 rings (SSSR count). The van der Waals surface area contributed by atoms with Crippen molar-refractivity contribution in [3.63, 3.8) is 0 Å². The predicted octanol–water partition coefficient (Wildman–Crippen LogP) is 3.56. The van der Waals surface area contributed by atoms with Crippen LogP contribution in [-0.4, -0.2) is 39.4 Å². The van der Waals surface area contributed by atoms with Gasteiger partial charge >= 0.3 is 5.97 Å². The Balaban J connectivity index is 1.46. The molecule has 1 N–H and O–H groups in total. The average molecular weight is 436 g/mol. The summed E-state index contributed by atoms with van der Waals surface area (Å²) in [6.45, 7) is 2.07. The second kappa shape index (κ2) is 10.1. The zero-order valence-electron chi connectivity index (χ0n) is 15.4. The first-order chi connectivity index (χ1) is 14.0. The van der Waals surface area contributed by atoms with Gasteiger partial charge in [-0.2, -0.15) is 0 Å². The molecule has 11 heteroatoms. The summed E-state index contributed by atoms with van der Waals surface area (Å²) in [5.74, 6) is 0.130. The second-order valence-corrected chi connectivity index (χ2v) is 7.84. The van der Waals surface area contributed by atoms with Gasteiger partial charge in [-0.25, -0.2) is 9.37 Å². The van der Waals surface area contributed by atoms with Crippen LogP contribution in [0, 0.1) is 5.82 Å². The Kier molecular flexibility index (Phi) is 7.30. The second-order valence-electron chi connectivity index (χ2n) is 5.64. The van der Waals surface area contributed by atoms with E-state index in [1.54, 1.807) is 19.1 Å². The smallest absolute Gasteiger partial charge is 0.316 e. The molecule has 0 saturated carbocycles. The molecular weight excluding hydrogens is 419 g/mol. The number of benzene rings is 1. The molecule has 152 valence electrons. The summed E-state index contributed by atoms with van der Waals surface area (Å²) in [6, 6.07) is 5.87. The van der Waals surface area contributed by atoms with Gasteiger partial charge in [0, 0.05) is 18.4 Å². The van der Waals surface area contributed by atoms with Gasteiger partial charge < -0.3 is 14.5 Å². The lowest BCUT2D eigenvalue weighted by Gasteiger charge is -1.99. The molecule has 0 radical (unpaired) electrons. The highest BCUT2D eigenvalue weighted by atomic mass is 32.2. The molecule has 0 unspecified atom stereocenters. The van der Waals surface area contributed by atoms with E-state index in [9.17, 15) is 14.0 Å². The van der Waals surface area contributed by atoms with Crippen LogP contribution in [0.25, 0.3) is 11.3 Å². The van der Waals surface area contributed by atoms with E-state index in [2.05, 4.69) is 20.5 Å². The average Bonchev–Trinajstić information content (AvgIpc) is 3.35. The van der Waals surface area contributed by atoms with Gasteiger partial charge in [0.1, 0.15) is 5.82 Å². The Labute approximate surface area is 173 Å². The molecule has 1 aromatic carbocycles. The number of ether oxygens (including phenoxy) is 1. The molecule has 0 saturated heterocycles. The Morgan fingerprint density at radius 3 is 2.83 bits per heavy atom. The van der Waals surface area contributed by atoms with Crippen LogP contribution < -0.4 is 5.32 Å². The standard InChI is InChI=1S/C18H17FN4O4S2/c1-2-26-16(25)10-28-18-23-22-17(29-18)21-14(24)7-8-15-20-9-13(27-15)11-3-5-12(19)6-4-11/h3-6,9H,2,7-8,10H2,1H3,(H,21,22,24). The summed E-state index contributed by atoms with van der Waals surface area (Å²) in [5, 5.41) is 10.8. The van der Waals surface area contributed by atoms with E-state index in [0.29, 0.717) is 39.7 Å². The van der Waals surface area contributed by atoms with Gasteiger partial charge in [0.05, 0.1) is 18.6 Å². The van der Waals surface area contributed by atoms with Crippen molar-refractivity contribution in [3.05, 3.63) is 42.2 Å². The van der Waals surface area contributed by atoms with Crippen molar-refractivity contribution in [2.24, 2.45) is 0 Å². The molecule has 2 aromatic heterocycles. The Morgan fingerprint density at radius 2 is 2.07 bits per heavy atom. The molecule has 0 aliphatic heterocycles. The first kappa shape index (κ1) is 20.9. The lowest BCUT2D eigenvalue weighted by molar-refractivity contribution is -0.139. The number of esters is 1. The maximum Gasteiger partial charge on any atom is 0.316 e. The number of halogens is 1. The van der Waals surface area contributed by atoms with E-state index in [0.717, 1.165) is 0 Å². The van der Waals surface area contributed by atoms with Gasteiger partial charge in [-0.1, -0.05) is 23.1 Å². The number of anilines is 1. The molecule has 0 atom stereocenters. The number of thioether (sulfide) groups is 1. The van der Waals surface area contributed by atoms with Gasteiger partial charge in [0.15, 0.2) is 16.0 Å². The summed E-state index contributed by atoms with van der Waals surface area (Å²) < 4.78 is 24.0. The van der Waals surface area contributed by atoms with Crippen molar-refractivity contribution in [3.8, 4) is 11.3 Å². The number of amides is 1. The third-order valence-corrected chi connectivity index (χ3v) is 5.47. The van der Waals surface area contributed by atoms with Crippen molar-refractivity contribution in [2.45, 2.75) is 24.1 Å². The van der Waals surface area contributed by atoms with Crippen LogP contribution in [-0.2, 0) is 20.7 Å². The molecule has 3 aromatic rings. The quantitative estimate of drug-likeness (QED) is 0.308. The number of aromatic nitrogens is 3. The lowest BCUT2D eigenvalue weighted by atomic mass is 10.2. The number of hydrogen-bond donors (Lipinski definition) is 1. The van der Waals surface area contributed by atoms with Gasteiger partial charge in [-0.05, 0) is 31.2 Å². The number of carbonyl (C=O) groups is 2. The zero-order valence-corrected chi connectivity index (χ0v) is 17.0. The minimum Gasteiger partial charge on any atom is -0.465 e. The molecule has 29 heavy (non-hydrogen) atoms. The van der Waals surface area contributed by atoms with Crippen LogP contribution in [0.5, 0.6) is 0 Å². The molecule has 2 heterocycles. The maximum atomic E-state index is 13.0. The predicted molar refractivity (Wildman–Crippen MR) is 106 cm³/mol. The molecule has 8 nitrogen and oxygen atoms in total. The van der Waals surface area contributed by atoms with Crippen LogP contribution in [0.2, 0.25) is 0 Å². The largest absolute Gasteiger partial charge is 0.465 e. The first-order valence-electron chi connectivity index (χ1n) is 8.66. The number of nitrogens with one attached hydrogen (secondary N) is 1. The minimum atomic E-state index is -0.329. The SMILES string of the molecule is CCOC(=O)CSc1nnc(NC(=O)CCc2ncc(-c3ccc(F)cc3)o2)s1. The highest BCUT2D eigenvalue weighted by Crippen LogP contribution is 2.26. The molecule has 0 spiro atoms. The minimum absolute atomic E-state index is 0.136. The van der Waals surface area contributed by atoms with Gasteiger partial charge in [0.25, 0.3) is 0 Å². The first-order valence-corrected chi connectivity index (χ1v) is 10.5. The zero-order chi connectivity index (χ0) is 20.6. The van der Waals surface area contributed by atoms with Crippen molar-refractivity contribution in [1.82, 2.24) is 15.2 Å². The van der Waals surface area contributed by atoms with E-state index in [1.807, 2.05) is 0 Å². The van der Waals surface area contributed by atoms with E-state index in [-0.39, 0.29) is 29.9 Å². The van der Waals surface area contributed by atoms with Crippen molar-refractivity contribution in [2.75, 3.05) is 17.7 Å². The van der Waals surface area contributed by atoms with Crippen LogP contribution >= 0.6 is 23.1 Å². The van der Waals surface area contributed by atoms with Crippen molar-refractivity contribution in [1.29, 1.82) is 0 Å². The Hall–Kier alpha value is -2.79. The Bertz CT molecular complexity index is 974. The lowest BCUT2D eigenvalue weighted by Crippen LogP contribution is -2.12. The number of hydrogen-bond acceptors (Lipinski definition) is 9. The normalized spacial score (nSPS) is 10.7. The van der Waals surface area contributed by atoms with Crippen molar-refractivity contribution < 1.29 is 23.1 Å². The van der Waals surface area contributed by atoms with Crippen LogP contribution in [0.1, 0.15) is 19.2 Å².